The van der Waals surface area contributed by atoms with Gasteiger partial charge in [-0.2, -0.15) is 0 Å². The monoisotopic (exact) mass is 382 g/mol. The molecule has 0 aromatic heterocycles. The number of carbonyl (C=O) groups excluding carboxylic acids is 1. The van der Waals surface area contributed by atoms with Crippen LogP contribution in [0.25, 0.3) is 0 Å². The van der Waals surface area contributed by atoms with Gasteiger partial charge in [-0.05, 0) is 63.2 Å². The summed E-state index contributed by atoms with van der Waals surface area (Å²) in [5, 5.41) is 3.39. The van der Waals surface area contributed by atoms with E-state index in [0.29, 0.717) is 18.2 Å². The molecule has 6 heteroatoms. The van der Waals surface area contributed by atoms with Crippen molar-refractivity contribution in [2.24, 2.45) is 5.92 Å². The molecule has 5 nitrogen and oxygen atoms in total. The number of nitrogens with zero attached hydrogens (tertiary/aromatic N) is 1. The van der Waals surface area contributed by atoms with Crippen LogP contribution >= 0.6 is 12.4 Å². The number of hydrogen-bond donors (Lipinski definition) is 1. The largest absolute Gasteiger partial charge is 0.497 e. The van der Waals surface area contributed by atoms with Crippen LogP contribution in [0.2, 0.25) is 0 Å². The van der Waals surface area contributed by atoms with Crippen LogP contribution in [-0.4, -0.2) is 44.7 Å². The van der Waals surface area contributed by atoms with E-state index in [4.69, 9.17) is 9.47 Å². The van der Waals surface area contributed by atoms with Crippen LogP contribution in [0.1, 0.15) is 50.1 Å². The lowest BCUT2D eigenvalue weighted by Gasteiger charge is -2.28. The topological polar surface area (TPSA) is 50.8 Å². The Labute approximate surface area is 162 Å². The Hall–Kier alpha value is -1.46. The minimum atomic E-state index is 0. The summed E-state index contributed by atoms with van der Waals surface area (Å²) in [7, 11) is 3.33. The summed E-state index contributed by atoms with van der Waals surface area (Å²) in [6.07, 6.45) is 6.13. The molecule has 3 rings (SSSR count). The second-order valence-corrected chi connectivity index (χ2v) is 7.09. The molecule has 1 unspecified atom stereocenters. The first-order valence-corrected chi connectivity index (χ1v) is 9.45. The fraction of sp³-hybridized carbons (Fsp3) is 0.650. The minimum absolute atomic E-state index is 0. The van der Waals surface area contributed by atoms with E-state index in [1.54, 1.807) is 14.2 Å². The molecule has 2 aliphatic rings. The van der Waals surface area contributed by atoms with E-state index in [0.717, 1.165) is 56.0 Å². The molecule has 1 aromatic rings. The number of amides is 1. The summed E-state index contributed by atoms with van der Waals surface area (Å²) >= 11 is 0. The van der Waals surface area contributed by atoms with Gasteiger partial charge in [-0.15, -0.1) is 12.4 Å². The van der Waals surface area contributed by atoms with Gasteiger partial charge in [0.05, 0.1) is 20.3 Å². The number of hydrogen-bond acceptors (Lipinski definition) is 4. The quantitative estimate of drug-likeness (QED) is 0.817. The lowest BCUT2D eigenvalue weighted by atomic mass is 9.93. The molecular weight excluding hydrogens is 352 g/mol. The highest BCUT2D eigenvalue weighted by Gasteiger charge is 2.32. The predicted octanol–water partition coefficient (Wildman–Crippen LogP) is 3.57. The van der Waals surface area contributed by atoms with E-state index >= 15 is 0 Å². The van der Waals surface area contributed by atoms with Crippen molar-refractivity contribution in [2.45, 2.75) is 44.6 Å². The number of nitrogens with one attached hydrogen (secondary N) is 1. The SMILES string of the molecule is COc1ccc(C2CCCN2C(=O)CCC2CCNCC2)c(OC)c1.Cl. The molecule has 0 spiro atoms. The van der Waals surface area contributed by atoms with E-state index in [-0.39, 0.29) is 18.4 Å². The molecule has 0 aliphatic carbocycles. The van der Waals surface area contributed by atoms with Crippen LogP contribution in [0.5, 0.6) is 11.5 Å². The molecule has 0 saturated carbocycles. The number of piperidine rings is 1. The molecule has 0 radical (unpaired) electrons. The summed E-state index contributed by atoms with van der Waals surface area (Å²) in [5.74, 6) is 2.57. The third kappa shape index (κ3) is 4.83. The maximum Gasteiger partial charge on any atom is 0.223 e. The number of ether oxygens (including phenoxy) is 2. The van der Waals surface area contributed by atoms with E-state index in [1.165, 1.54) is 12.8 Å². The first-order valence-electron chi connectivity index (χ1n) is 9.45. The Morgan fingerprint density at radius 3 is 2.65 bits per heavy atom. The number of likely N-dealkylation sites (tertiary alicyclic amines) is 1. The Morgan fingerprint density at radius 1 is 1.19 bits per heavy atom. The van der Waals surface area contributed by atoms with Crippen LogP contribution in [0.15, 0.2) is 18.2 Å². The molecule has 2 heterocycles. The molecule has 2 saturated heterocycles. The fourth-order valence-electron chi connectivity index (χ4n) is 4.12. The van der Waals surface area contributed by atoms with Gasteiger partial charge in [0, 0.05) is 24.6 Å². The smallest absolute Gasteiger partial charge is 0.223 e. The maximum atomic E-state index is 12.8. The number of rotatable bonds is 6. The van der Waals surface area contributed by atoms with Crippen LogP contribution in [0.4, 0.5) is 0 Å². The third-order valence-corrected chi connectivity index (χ3v) is 5.60. The number of methoxy groups -OCH3 is 2. The van der Waals surface area contributed by atoms with Crippen molar-refractivity contribution in [3.05, 3.63) is 23.8 Å². The Kier molecular flexibility index (Phi) is 8.04. The van der Waals surface area contributed by atoms with Crippen molar-refractivity contribution in [2.75, 3.05) is 33.9 Å². The van der Waals surface area contributed by atoms with Gasteiger partial charge in [-0.1, -0.05) is 0 Å². The average molecular weight is 383 g/mol. The lowest BCUT2D eigenvalue weighted by Crippen LogP contribution is -2.32. The molecule has 146 valence electrons. The molecule has 2 aliphatic heterocycles. The molecule has 1 N–H and O–H groups in total. The van der Waals surface area contributed by atoms with E-state index in [9.17, 15) is 4.79 Å². The summed E-state index contributed by atoms with van der Waals surface area (Å²) in [5.41, 5.74) is 1.09. The van der Waals surface area contributed by atoms with Crippen molar-refractivity contribution < 1.29 is 14.3 Å². The van der Waals surface area contributed by atoms with Crippen LogP contribution in [0.3, 0.4) is 0 Å². The maximum absolute atomic E-state index is 12.8. The van der Waals surface area contributed by atoms with E-state index < -0.39 is 0 Å². The Bertz CT molecular complexity index is 590. The van der Waals surface area contributed by atoms with Crippen molar-refractivity contribution in [3.63, 3.8) is 0 Å². The second kappa shape index (κ2) is 10.0. The van der Waals surface area contributed by atoms with Gasteiger partial charge >= 0.3 is 0 Å². The lowest BCUT2D eigenvalue weighted by molar-refractivity contribution is -0.132. The van der Waals surface area contributed by atoms with Gasteiger partial charge < -0.3 is 19.7 Å². The molecule has 1 amide bonds. The van der Waals surface area contributed by atoms with E-state index in [1.807, 2.05) is 18.2 Å². The third-order valence-electron chi connectivity index (χ3n) is 5.60. The zero-order chi connectivity index (χ0) is 17.6. The Balaban J connectivity index is 0.00000243. The molecule has 0 bridgehead atoms. The molecule has 2 fully saturated rings. The molecular formula is C20H31ClN2O3. The number of carbonyl (C=O) groups is 1. The van der Waals surface area contributed by atoms with Gasteiger partial charge in [0.25, 0.3) is 0 Å². The number of benzene rings is 1. The zero-order valence-corrected chi connectivity index (χ0v) is 16.6. The predicted molar refractivity (Wildman–Crippen MR) is 105 cm³/mol. The highest BCUT2D eigenvalue weighted by Crippen LogP contribution is 2.39. The molecule has 1 aromatic carbocycles. The summed E-state index contributed by atoms with van der Waals surface area (Å²) in [4.78, 5) is 14.9. The summed E-state index contributed by atoms with van der Waals surface area (Å²) in [6.45, 7) is 3.04. The first kappa shape index (κ1) is 20.8. The van der Waals surface area contributed by atoms with Gasteiger partial charge in [0.15, 0.2) is 0 Å². The van der Waals surface area contributed by atoms with Gasteiger partial charge in [-0.25, -0.2) is 0 Å². The normalized spacial score (nSPS) is 20.5. The first-order chi connectivity index (χ1) is 12.2. The van der Waals surface area contributed by atoms with E-state index in [2.05, 4.69) is 10.2 Å². The van der Waals surface area contributed by atoms with Crippen molar-refractivity contribution in [3.8, 4) is 11.5 Å². The minimum Gasteiger partial charge on any atom is -0.497 e. The standard InChI is InChI=1S/C20H30N2O3.ClH/c1-24-16-6-7-17(19(14-16)25-2)18-4-3-13-22(18)20(23)8-5-15-9-11-21-12-10-15;/h6-7,14-15,18,21H,3-5,8-13H2,1-2H3;1H. The van der Waals surface area contributed by atoms with Crippen LogP contribution in [0, 0.1) is 5.92 Å². The van der Waals surface area contributed by atoms with Gasteiger partial charge in [-0.3, -0.25) is 4.79 Å². The second-order valence-electron chi connectivity index (χ2n) is 7.09. The van der Waals surface area contributed by atoms with Gasteiger partial charge in [0.1, 0.15) is 11.5 Å². The summed E-state index contributed by atoms with van der Waals surface area (Å²) < 4.78 is 10.8. The van der Waals surface area contributed by atoms with Crippen molar-refractivity contribution in [1.82, 2.24) is 10.2 Å². The molecule has 1 atom stereocenters. The molecule has 26 heavy (non-hydrogen) atoms. The van der Waals surface area contributed by atoms with Crippen molar-refractivity contribution in [1.29, 1.82) is 0 Å². The van der Waals surface area contributed by atoms with Gasteiger partial charge in [0.2, 0.25) is 5.91 Å². The van der Waals surface area contributed by atoms with Crippen LogP contribution < -0.4 is 14.8 Å². The highest BCUT2D eigenvalue weighted by molar-refractivity contribution is 5.85. The number of halogens is 1. The zero-order valence-electron chi connectivity index (χ0n) is 15.8. The van der Waals surface area contributed by atoms with Crippen LogP contribution in [-0.2, 0) is 4.79 Å². The summed E-state index contributed by atoms with van der Waals surface area (Å²) in [6, 6.07) is 6.03. The highest BCUT2D eigenvalue weighted by atomic mass is 35.5. The fourth-order valence-corrected chi connectivity index (χ4v) is 4.12. The van der Waals surface area contributed by atoms with Crippen molar-refractivity contribution >= 4 is 18.3 Å². The Morgan fingerprint density at radius 2 is 1.96 bits per heavy atom. The average Bonchev–Trinajstić information content (AvgIpc) is 3.16.